The van der Waals surface area contributed by atoms with Crippen LogP contribution in [0.3, 0.4) is 0 Å². The molecule has 2 unspecified atom stereocenters. The molecule has 19 heavy (non-hydrogen) atoms. The minimum Gasteiger partial charge on any atom is -0.493 e. The fraction of sp³-hybridized carbons (Fsp3) is 0.533. The first-order chi connectivity index (χ1) is 9.16. The Morgan fingerprint density at radius 1 is 1.42 bits per heavy atom. The largest absolute Gasteiger partial charge is 0.493 e. The molecule has 4 heteroatoms. The zero-order valence-electron chi connectivity index (χ0n) is 11.3. The number of carbonyl (C=O) groups is 1. The van der Waals surface area contributed by atoms with Gasteiger partial charge >= 0.3 is 0 Å². The van der Waals surface area contributed by atoms with Gasteiger partial charge in [-0.25, -0.2) is 0 Å². The highest BCUT2D eigenvalue weighted by atomic mass is 16.5. The molecule has 0 bridgehead atoms. The first-order valence-corrected chi connectivity index (χ1v) is 6.88. The van der Waals surface area contributed by atoms with E-state index in [2.05, 4.69) is 5.32 Å². The lowest BCUT2D eigenvalue weighted by molar-refractivity contribution is -0.125. The molecule has 1 fully saturated rings. The maximum Gasteiger partial charge on any atom is 0.226 e. The maximum atomic E-state index is 11.9. The summed E-state index contributed by atoms with van der Waals surface area (Å²) in [6.07, 6.45) is 2.40. The van der Waals surface area contributed by atoms with Crippen LogP contribution in [0.25, 0.3) is 0 Å². The molecule has 3 N–H and O–H groups in total. The summed E-state index contributed by atoms with van der Waals surface area (Å²) in [6.45, 7) is 2.81. The molecule has 0 heterocycles. The van der Waals surface area contributed by atoms with E-state index in [1.54, 1.807) is 0 Å². The number of benzene rings is 1. The summed E-state index contributed by atoms with van der Waals surface area (Å²) in [5.74, 6) is 1.23. The number of nitrogens with two attached hydrogens (primary N) is 1. The minimum absolute atomic E-state index is 0.00651. The van der Waals surface area contributed by atoms with Crippen molar-refractivity contribution >= 4 is 5.91 Å². The topological polar surface area (TPSA) is 64.3 Å². The molecule has 0 aromatic heterocycles. The van der Waals surface area contributed by atoms with Crippen molar-refractivity contribution in [1.29, 1.82) is 0 Å². The van der Waals surface area contributed by atoms with E-state index >= 15 is 0 Å². The van der Waals surface area contributed by atoms with E-state index in [1.807, 2.05) is 37.3 Å². The fourth-order valence-corrected chi connectivity index (χ4v) is 1.90. The molecule has 2 atom stereocenters. The Labute approximate surface area is 114 Å². The molecule has 0 saturated heterocycles. The Morgan fingerprint density at radius 2 is 2.11 bits per heavy atom. The van der Waals surface area contributed by atoms with Crippen LogP contribution in [0.4, 0.5) is 0 Å². The molecule has 4 nitrogen and oxygen atoms in total. The molecule has 1 aliphatic rings. The Kier molecular flexibility index (Phi) is 4.80. The Hall–Kier alpha value is -1.55. The van der Waals surface area contributed by atoms with Crippen molar-refractivity contribution < 1.29 is 9.53 Å². The van der Waals surface area contributed by atoms with Gasteiger partial charge in [0, 0.05) is 12.6 Å². The molecule has 1 saturated carbocycles. The molecule has 104 valence electrons. The first-order valence-electron chi connectivity index (χ1n) is 6.88. The van der Waals surface area contributed by atoms with E-state index in [-0.39, 0.29) is 17.9 Å². The molecule has 2 rings (SSSR count). The van der Waals surface area contributed by atoms with Gasteiger partial charge < -0.3 is 15.8 Å². The van der Waals surface area contributed by atoms with Crippen molar-refractivity contribution in [3.05, 3.63) is 30.3 Å². The van der Waals surface area contributed by atoms with Gasteiger partial charge in [-0.3, -0.25) is 4.79 Å². The average molecular weight is 262 g/mol. The lowest BCUT2D eigenvalue weighted by Gasteiger charge is -2.16. The van der Waals surface area contributed by atoms with Crippen LogP contribution in [0.1, 0.15) is 19.8 Å². The zero-order valence-corrected chi connectivity index (χ0v) is 11.3. The molecule has 0 aliphatic heterocycles. The van der Waals surface area contributed by atoms with Gasteiger partial charge in [0.05, 0.1) is 12.5 Å². The zero-order chi connectivity index (χ0) is 13.7. The summed E-state index contributed by atoms with van der Waals surface area (Å²) >= 11 is 0. The summed E-state index contributed by atoms with van der Waals surface area (Å²) < 4.78 is 5.56. The van der Waals surface area contributed by atoms with Gasteiger partial charge in [-0.2, -0.15) is 0 Å². The lowest BCUT2D eigenvalue weighted by atomic mass is 10.1. The van der Waals surface area contributed by atoms with Crippen LogP contribution in [0, 0.1) is 11.8 Å². The lowest BCUT2D eigenvalue weighted by Crippen LogP contribution is -2.41. The monoisotopic (exact) mass is 262 g/mol. The Bertz CT molecular complexity index is 404. The number of hydrogen-bond acceptors (Lipinski definition) is 3. The summed E-state index contributed by atoms with van der Waals surface area (Å²) in [4.78, 5) is 11.9. The SMILES string of the molecule is CC(COc1ccccc1)C(=O)NCC(N)C1CC1. The van der Waals surface area contributed by atoms with Crippen LogP contribution >= 0.6 is 0 Å². The second-order valence-electron chi connectivity index (χ2n) is 5.27. The second-order valence-corrected chi connectivity index (χ2v) is 5.27. The molecule has 1 aromatic carbocycles. The maximum absolute atomic E-state index is 11.9. The highest BCUT2D eigenvalue weighted by Crippen LogP contribution is 2.31. The van der Waals surface area contributed by atoms with Crippen molar-refractivity contribution in [3.8, 4) is 5.75 Å². The third kappa shape index (κ3) is 4.56. The predicted molar refractivity (Wildman–Crippen MR) is 74.8 cm³/mol. The summed E-state index contributed by atoms with van der Waals surface area (Å²) in [6, 6.07) is 9.62. The number of nitrogens with one attached hydrogen (secondary N) is 1. The Balaban J connectivity index is 1.67. The predicted octanol–water partition coefficient (Wildman–Crippen LogP) is 1.55. The molecule has 1 amide bonds. The van der Waals surface area contributed by atoms with Crippen molar-refractivity contribution in [2.24, 2.45) is 17.6 Å². The summed E-state index contributed by atoms with van der Waals surface area (Å²) in [7, 11) is 0. The van der Waals surface area contributed by atoms with Crippen LogP contribution in [-0.2, 0) is 4.79 Å². The average Bonchev–Trinajstić information content (AvgIpc) is 3.27. The van der Waals surface area contributed by atoms with Crippen molar-refractivity contribution in [2.75, 3.05) is 13.2 Å². The van der Waals surface area contributed by atoms with Crippen molar-refractivity contribution in [1.82, 2.24) is 5.32 Å². The smallest absolute Gasteiger partial charge is 0.226 e. The van der Waals surface area contributed by atoms with Crippen molar-refractivity contribution in [3.63, 3.8) is 0 Å². The van der Waals surface area contributed by atoms with Gasteiger partial charge in [-0.15, -0.1) is 0 Å². The van der Waals surface area contributed by atoms with Gasteiger partial charge in [-0.1, -0.05) is 25.1 Å². The highest BCUT2D eigenvalue weighted by molar-refractivity contribution is 5.78. The van der Waals surface area contributed by atoms with Crippen LogP contribution in [0.2, 0.25) is 0 Å². The first kappa shape index (κ1) is 13.9. The molecule has 1 aromatic rings. The standard InChI is InChI=1S/C15H22N2O2/c1-11(10-19-13-5-3-2-4-6-13)15(18)17-9-14(16)12-7-8-12/h2-6,11-12,14H,7-10,16H2,1H3,(H,17,18). The van der Waals surface area contributed by atoms with Crippen LogP contribution in [0.5, 0.6) is 5.75 Å². The third-order valence-corrected chi connectivity index (χ3v) is 3.43. The van der Waals surface area contributed by atoms with E-state index in [4.69, 9.17) is 10.5 Å². The van der Waals surface area contributed by atoms with Gasteiger partial charge in [0.15, 0.2) is 0 Å². The highest BCUT2D eigenvalue weighted by Gasteiger charge is 2.28. The number of hydrogen-bond donors (Lipinski definition) is 2. The fourth-order valence-electron chi connectivity index (χ4n) is 1.90. The van der Waals surface area contributed by atoms with Gasteiger partial charge in [-0.05, 0) is 30.9 Å². The van der Waals surface area contributed by atoms with E-state index in [1.165, 1.54) is 12.8 Å². The summed E-state index contributed by atoms with van der Waals surface area (Å²) in [5.41, 5.74) is 5.95. The van der Waals surface area contributed by atoms with Crippen LogP contribution in [0.15, 0.2) is 30.3 Å². The number of carbonyl (C=O) groups excluding carboxylic acids is 1. The molecule has 0 spiro atoms. The third-order valence-electron chi connectivity index (χ3n) is 3.43. The number of ether oxygens (including phenoxy) is 1. The normalized spacial score (nSPS) is 17.6. The van der Waals surface area contributed by atoms with E-state index in [0.29, 0.717) is 19.1 Å². The Morgan fingerprint density at radius 3 is 2.74 bits per heavy atom. The molecular weight excluding hydrogens is 240 g/mol. The second kappa shape index (κ2) is 6.57. The van der Waals surface area contributed by atoms with Crippen LogP contribution < -0.4 is 15.8 Å². The van der Waals surface area contributed by atoms with E-state index in [0.717, 1.165) is 5.75 Å². The van der Waals surface area contributed by atoms with Gasteiger partial charge in [0.25, 0.3) is 0 Å². The number of amides is 1. The number of rotatable bonds is 7. The number of para-hydroxylation sites is 1. The quantitative estimate of drug-likeness (QED) is 0.783. The molecular formula is C15H22N2O2. The minimum atomic E-state index is -0.174. The summed E-state index contributed by atoms with van der Waals surface area (Å²) in [5, 5.41) is 2.90. The van der Waals surface area contributed by atoms with E-state index in [9.17, 15) is 4.79 Å². The van der Waals surface area contributed by atoms with Gasteiger partial charge in [0.1, 0.15) is 5.75 Å². The molecule has 1 aliphatic carbocycles. The van der Waals surface area contributed by atoms with Gasteiger partial charge in [0.2, 0.25) is 5.91 Å². The van der Waals surface area contributed by atoms with Crippen molar-refractivity contribution in [2.45, 2.75) is 25.8 Å². The molecule has 0 radical (unpaired) electrons. The van der Waals surface area contributed by atoms with Crippen LogP contribution in [-0.4, -0.2) is 25.1 Å². The van der Waals surface area contributed by atoms with E-state index < -0.39 is 0 Å².